The quantitative estimate of drug-likeness (QED) is 0.274. The summed E-state index contributed by atoms with van der Waals surface area (Å²) < 4.78 is 3.14. The fraction of sp³-hybridized carbons (Fsp3) is 0.179. The molecule has 0 spiro atoms. The molecule has 4 aromatic rings. The largest absolute Gasteiger partial charge is 0.478 e. The SMILES string of the molecule is Cc1cc(N2C(=S)N[C@H](c3ccccn3)[C@H]2c2cc(C)n(-c3cccc(C(=O)O)c3)c2C)ccc1Br. The first-order chi connectivity index (χ1) is 17.3. The van der Waals surface area contributed by atoms with Gasteiger partial charge in [-0.3, -0.25) is 4.98 Å². The molecule has 5 rings (SSSR count). The summed E-state index contributed by atoms with van der Waals surface area (Å²) >= 11 is 9.48. The van der Waals surface area contributed by atoms with Gasteiger partial charge < -0.3 is 19.9 Å². The summed E-state index contributed by atoms with van der Waals surface area (Å²) in [6.07, 6.45) is 1.80. The third-order valence-corrected chi connectivity index (χ3v) is 7.86. The topological polar surface area (TPSA) is 70.4 Å². The number of nitrogens with zero attached hydrogens (tertiary/aromatic N) is 3. The van der Waals surface area contributed by atoms with Crippen LogP contribution >= 0.6 is 28.1 Å². The maximum absolute atomic E-state index is 11.6. The predicted molar refractivity (Wildman–Crippen MR) is 149 cm³/mol. The molecule has 0 saturated carbocycles. The molecule has 2 N–H and O–H groups in total. The van der Waals surface area contributed by atoms with Crippen molar-refractivity contribution in [2.75, 3.05) is 4.90 Å². The second-order valence-corrected chi connectivity index (χ2v) is 10.2. The van der Waals surface area contributed by atoms with Crippen molar-refractivity contribution in [1.29, 1.82) is 0 Å². The summed E-state index contributed by atoms with van der Waals surface area (Å²) in [6.45, 7) is 6.17. The van der Waals surface area contributed by atoms with E-state index >= 15 is 0 Å². The van der Waals surface area contributed by atoms with Crippen LogP contribution in [0.2, 0.25) is 0 Å². The maximum atomic E-state index is 11.6. The van der Waals surface area contributed by atoms with E-state index in [0.717, 1.165) is 44.1 Å². The van der Waals surface area contributed by atoms with Gasteiger partial charge in [-0.25, -0.2) is 4.79 Å². The number of carbonyl (C=O) groups is 1. The van der Waals surface area contributed by atoms with Gasteiger partial charge in [-0.2, -0.15) is 0 Å². The second kappa shape index (κ2) is 9.52. The highest BCUT2D eigenvalue weighted by Gasteiger charge is 2.42. The van der Waals surface area contributed by atoms with E-state index in [2.05, 4.69) is 67.7 Å². The lowest BCUT2D eigenvalue weighted by Gasteiger charge is -2.28. The number of aromatic nitrogens is 2. The zero-order chi connectivity index (χ0) is 25.6. The maximum Gasteiger partial charge on any atom is 0.335 e. The molecular weight excluding hydrogens is 536 g/mol. The molecule has 182 valence electrons. The second-order valence-electron chi connectivity index (χ2n) is 8.95. The zero-order valence-electron chi connectivity index (χ0n) is 20.1. The van der Waals surface area contributed by atoms with Gasteiger partial charge >= 0.3 is 5.97 Å². The average molecular weight is 562 g/mol. The Morgan fingerprint density at radius 2 is 1.83 bits per heavy atom. The number of anilines is 1. The number of hydrogen-bond donors (Lipinski definition) is 2. The number of aromatic carboxylic acids is 1. The molecular formula is C28H25BrN4O2S. The summed E-state index contributed by atoms with van der Waals surface area (Å²) in [5, 5.41) is 13.7. The number of benzene rings is 2. The summed E-state index contributed by atoms with van der Waals surface area (Å²) in [5.74, 6) is -0.947. The monoisotopic (exact) mass is 560 g/mol. The van der Waals surface area contributed by atoms with Crippen molar-refractivity contribution in [1.82, 2.24) is 14.9 Å². The van der Waals surface area contributed by atoms with E-state index in [4.69, 9.17) is 12.2 Å². The van der Waals surface area contributed by atoms with E-state index in [1.165, 1.54) is 0 Å². The molecule has 1 fully saturated rings. The Morgan fingerprint density at radius 1 is 1.03 bits per heavy atom. The molecule has 36 heavy (non-hydrogen) atoms. The molecule has 1 saturated heterocycles. The molecule has 1 aliphatic heterocycles. The lowest BCUT2D eigenvalue weighted by molar-refractivity contribution is 0.0697. The van der Waals surface area contributed by atoms with Crippen LogP contribution < -0.4 is 10.2 Å². The van der Waals surface area contributed by atoms with Gasteiger partial charge in [-0.05, 0) is 98.7 Å². The highest BCUT2D eigenvalue weighted by molar-refractivity contribution is 9.10. The van der Waals surface area contributed by atoms with E-state index in [9.17, 15) is 9.90 Å². The molecule has 6 nitrogen and oxygen atoms in total. The van der Waals surface area contributed by atoms with Gasteiger partial charge in [0, 0.05) is 33.4 Å². The molecule has 8 heteroatoms. The minimum absolute atomic E-state index is 0.157. The van der Waals surface area contributed by atoms with Crippen LogP contribution in [0, 0.1) is 20.8 Å². The summed E-state index contributed by atoms with van der Waals surface area (Å²) in [6, 6.07) is 21.0. The third kappa shape index (κ3) is 4.20. The molecule has 0 amide bonds. The molecule has 2 aromatic heterocycles. The van der Waals surface area contributed by atoms with Gasteiger partial charge in [0.15, 0.2) is 5.11 Å². The molecule has 0 bridgehead atoms. The highest BCUT2D eigenvalue weighted by Crippen LogP contribution is 2.44. The number of nitrogens with one attached hydrogen (secondary N) is 1. The standard InChI is InChI=1S/C28H25BrN4O2S/c1-16-13-21(10-11-23(16)29)33-26(25(31-28(33)36)24-9-4-5-12-30-24)22-14-17(2)32(18(22)3)20-8-6-7-19(15-20)27(34)35/h4-15,25-26H,1-3H3,(H,31,36)(H,34,35)/t25-,26-/m1/s1. The number of carboxylic acids is 1. The number of aryl methyl sites for hydroxylation is 2. The minimum Gasteiger partial charge on any atom is -0.478 e. The number of rotatable bonds is 5. The Bertz CT molecular complexity index is 1480. The molecule has 0 unspecified atom stereocenters. The van der Waals surface area contributed by atoms with Crippen LogP contribution in [-0.4, -0.2) is 25.7 Å². The first-order valence-corrected chi connectivity index (χ1v) is 12.8. The van der Waals surface area contributed by atoms with Crippen LogP contribution in [0.15, 0.2) is 77.4 Å². The summed E-state index contributed by atoms with van der Waals surface area (Å²) in [5.41, 5.74) is 7.20. The van der Waals surface area contributed by atoms with Crippen LogP contribution in [0.5, 0.6) is 0 Å². The van der Waals surface area contributed by atoms with E-state index in [-0.39, 0.29) is 17.6 Å². The minimum atomic E-state index is -0.947. The van der Waals surface area contributed by atoms with Crippen LogP contribution in [0.3, 0.4) is 0 Å². The third-order valence-electron chi connectivity index (χ3n) is 6.66. The number of thiocarbonyl (C=S) groups is 1. The fourth-order valence-corrected chi connectivity index (χ4v) is 5.58. The van der Waals surface area contributed by atoms with Gasteiger partial charge in [-0.15, -0.1) is 0 Å². The number of halogens is 1. The van der Waals surface area contributed by atoms with Crippen molar-refractivity contribution in [3.63, 3.8) is 0 Å². The van der Waals surface area contributed by atoms with Crippen LogP contribution in [0.4, 0.5) is 5.69 Å². The Morgan fingerprint density at radius 3 is 2.53 bits per heavy atom. The van der Waals surface area contributed by atoms with Crippen LogP contribution in [-0.2, 0) is 0 Å². The van der Waals surface area contributed by atoms with Crippen molar-refractivity contribution in [2.24, 2.45) is 0 Å². The Labute approximate surface area is 223 Å². The predicted octanol–water partition coefficient (Wildman–Crippen LogP) is 6.44. The van der Waals surface area contributed by atoms with Gasteiger partial charge in [0.05, 0.1) is 23.3 Å². The van der Waals surface area contributed by atoms with Gasteiger partial charge in [-0.1, -0.05) is 28.1 Å². The van der Waals surface area contributed by atoms with Crippen LogP contribution in [0.1, 0.15) is 50.7 Å². The van der Waals surface area contributed by atoms with Crippen molar-refractivity contribution >= 4 is 44.9 Å². The number of hydrogen-bond acceptors (Lipinski definition) is 3. The Hall–Kier alpha value is -3.49. The van der Waals surface area contributed by atoms with Crippen molar-refractivity contribution in [3.8, 4) is 5.69 Å². The smallest absolute Gasteiger partial charge is 0.335 e. The van der Waals surface area contributed by atoms with Crippen molar-refractivity contribution in [2.45, 2.75) is 32.9 Å². The van der Waals surface area contributed by atoms with Crippen LogP contribution in [0.25, 0.3) is 5.69 Å². The Kier molecular flexibility index (Phi) is 6.40. The van der Waals surface area contributed by atoms with E-state index in [0.29, 0.717) is 5.11 Å². The highest BCUT2D eigenvalue weighted by atomic mass is 79.9. The number of pyridine rings is 1. The van der Waals surface area contributed by atoms with Crippen molar-refractivity contribution < 1.29 is 9.90 Å². The molecule has 2 aromatic carbocycles. The number of carboxylic acid groups (broad SMARTS) is 1. The zero-order valence-corrected chi connectivity index (χ0v) is 22.5. The first-order valence-electron chi connectivity index (χ1n) is 11.6. The average Bonchev–Trinajstić information content (AvgIpc) is 3.36. The van der Waals surface area contributed by atoms with E-state index < -0.39 is 5.97 Å². The first kappa shape index (κ1) is 24.2. The van der Waals surface area contributed by atoms with Gasteiger partial charge in [0.25, 0.3) is 0 Å². The molecule has 0 aliphatic carbocycles. The Balaban J connectivity index is 1.68. The fourth-order valence-electron chi connectivity index (χ4n) is 4.99. The van der Waals surface area contributed by atoms with Crippen molar-refractivity contribution in [3.05, 3.63) is 111 Å². The molecule has 2 atom stereocenters. The van der Waals surface area contributed by atoms with Gasteiger partial charge in [0.1, 0.15) is 0 Å². The summed E-state index contributed by atoms with van der Waals surface area (Å²) in [4.78, 5) is 18.4. The molecule has 0 radical (unpaired) electrons. The lowest BCUT2D eigenvalue weighted by atomic mass is 9.96. The molecule has 1 aliphatic rings. The van der Waals surface area contributed by atoms with E-state index in [1.807, 2.05) is 37.3 Å². The van der Waals surface area contributed by atoms with E-state index in [1.54, 1.807) is 24.4 Å². The van der Waals surface area contributed by atoms with Gasteiger partial charge in [0.2, 0.25) is 0 Å². The summed E-state index contributed by atoms with van der Waals surface area (Å²) in [7, 11) is 0. The normalized spacial score (nSPS) is 17.3. The lowest BCUT2D eigenvalue weighted by Crippen LogP contribution is -2.29. The molecule has 3 heterocycles.